The summed E-state index contributed by atoms with van der Waals surface area (Å²) in [4.78, 5) is 11.9. The summed E-state index contributed by atoms with van der Waals surface area (Å²) in [6.45, 7) is 3.55. The second-order valence-electron chi connectivity index (χ2n) is 5.83. The van der Waals surface area contributed by atoms with Crippen LogP contribution in [0.3, 0.4) is 0 Å². The molecular weight excluding hydrogens is 254 g/mol. The molecule has 6 heteroatoms. The molecule has 1 aliphatic heterocycles. The van der Waals surface area contributed by atoms with E-state index in [0.29, 0.717) is 19.0 Å². The van der Waals surface area contributed by atoms with Crippen LogP contribution in [0.25, 0.3) is 0 Å². The number of hydrogen-bond donors (Lipinski definition) is 2. The van der Waals surface area contributed by atoms with Gasteiger partial charge < -0.3 is 15.2 Å². The third-order valence-electron chi connectivity index (χ3n) is 4.39. The lowest BCUT2D eigenvalue weighted by molar-refractivity contribution is -0.124. The van der Waals surface area contributed by atoms with Crippen LogP contribution in [-0.2, 0) is 11.2 Å². The summed E-state index contributed by atoms with van der Waals surface area (Å²) in [5, 5.41) is 14.7. The quantitative estimate of drug-likeness (QED) is 0.854. The summed E-state index contributed by atoms with van der Waals surface area (Å²) >= 11 is 0. The van der Waals surface area contributed by atoms with Crippen molar-refractivity contribution < 1.29 is 4.79 Å². The van der Waals surface area contributed by atoms with Crippen LogP contribution >= 0.6 is 0 Å². The Labute approximate surface area is 119 Å². The molecule has 6 nitrogen and oxygen atoms in total. The van der Waals surface area contributed by atoms with Gasteiger partial charge >= 0.3 is 0 Å². The Morgan fingerprint density at radius 3 is 2.75 bits per heavy atom. The fourth-order valence-electron chi connectivity index (χ4n) is 3.36. The zero-order valence-electron chi connectivity index (χ0n) is 12.1. The summed E-state index contributed by atoms with van der Waals surface area (Å²) in [6, 6.07) is 0.343. The van der Waals surface area contributed by atoms with E-state index in [9.17, 15) is 4.79 Å². The van der Waals surface area contributed by atoms with Crippen LogP contribution < -0.4 is 10.6 Å². The maximum atomic E-state index is 11.9. The fourth-order valence-corrected chi connectivity index (χ4v) is 3.36. The molecule has 20 heavy (non-hydrogen) atoms. The van der Waals surface area contributed by atoms with E-state index in [0.717, 1.165) is 18.2 Å². The zero-order chi connectivity index (χ0) is 13.9. The minimum atomic E-state index is -0.172. The van der Waals surface area contributed by atoms with Crippen LogP contribution in [-0.4, -0.2) is 39.8 Å². The summed E-state index contributed by atoms with van der Waals surface area (Å²) in [7, 11) is 0. The first kappa shape index (κ1) is 13.5. The first-order valence-corrected chi connectivity index (χ1v) is 7.67. The highest BCUT2D eigenvalue weighted by molar-refractivity contribution is 5.82. The standard InChI is InChI=1S/C14H23N5O/c1-10-17-18-13(9-12-14(20)16-8-7-15-12)19(10)11-5-3-2-4-6-11/h11-12,15H,2-9H2,1H3,(H,16,20). The topological polar surface area (TPSA) is 71.8 Å². The van der Waals surface area contributed by atoms with Crippen molar-refractivity contribution in [1.29, 1.82) is 0 Å². The minimum Gasteiger partial charge on any atom is -0.353 e. The Bertz CT molecular complexity index is 478. The molecule has 110 valence electrons. The number of aryl methyl sites for hydroxylation is 1. The minimum absolute atomic E-state index is 0.0760. The third-order valence-corrected chi connectivity index (χ3v) is 4.39. The van der Waals surface area contributed by atoms with Gasteiger partial charge in [-0.05, 0) is 19.8 Å². The molecule has 1 saturated heterocycles. The van der Waals surface area contributed by atoms with Crippen LogP contribution in [0.5, 0.6) is 0 Å². The van der Waals surface area contributed by atoms with E-state index in [1.54, 1.807) is 0 Å². The maximum absolute atomic E-state index is 11.9. The van der Waals surface area contributed by atoms with E-state index in [2.05, 4.69) is 25.4 Å². The Kier molecular flexibility index (Phi) is 4.00. The normalized spacial score (nSPS) is 24.6. The summed E-state index contributed by atoms with van der Waals surface area (Å²) in [6.07, 6.45) is 6.93. The van der Waals surface area contributed by atoms with Gasteiger partial charge in [0.25, 0.3) is 0 Å². The first-order valence-electron chi connectivity index (χ1n) is 7.67. The molecule has 2 heterocycles. The van der Waals surface area contributed by atoms with Crippen LogP contribution in [0.2, 0.25) is 0 Å². The molecular formula is C14H23N5O. The van der Waals surface area contributed by atoms with Crippen molar-refractivity contribution in [3.63, 3.8) is 0 Å². The van der Waals surface area contributed by atoms with E-state index >= 15 is 0 Å². The largest absolute Gasteiger partial charge is 0.353 e. The van der Waals surface area contributed by atoms with Crippen molar-refractivity contribution in [2.24, 2.45) is 0 Å². The second kappa shape index (κ2) is 5.91. The molecule has 0 bridgehead atoms. The van der Waals surface area contributed by atoms with Crippen LogP contribution in [0, 0.1) is 6.92 Å². The Hall–Kier alpha value is -1.43. The predicted molar refractivity (Wildman–Crippen MR) is 75.4 cm³/mol. The van der Waals surface area contributed by atoms with Crippen LogP contribution in [0.4, 0.5) is 0 Å². The Morgan fingerprint density at radius 1 is 1.20 bits per heavy atom. The maximum Gasteiger partial charge on any atom is 0.237 e. The van der Waals surface area contributed by atoms with Crippen LogP contribution in [0.15, 0.2) is 0 Å². The van der Waals surface area contributed by atoms with E-state index in [1.165, 1.54) is 32.1 Å². The average Bonchev–Trinajstić information content (AvgIpc) is 2.83. The van der Waals surface area contributed by atoms with E-state index in [-0.39, 0.29) is 11.9 Å². The molecule has 0 radical (unpaired) electrons. The highest BCUT2D eigenvalue weighted by Crippen LogP contribution is 2.30. The number of carbonyl (C=O) groups excluding carboxylic acids is 1. The molecule has 2 N–H and O–H groups in total. The molecule has 1 atom stereocenters. The van der Waals surface area contributed by atoms with Crippen molar-refractivity contribution in [3.05, 3.63) is 11.6 Å². The molecule has 1 unspecified atom stereocenters. The molecule has 1 aromatic heterocycles. The fraction of sp³-hybridized carbons (Fsp3) is 0.786. The van der Waals surface area contributed by atoms with Gasteiger partial charge in [-0.2, -0.15) is 0 Å². The Morgan fingerprint density at radius 2 is 2.00 bits per heavy atom. The molecule has 1 saturated carbocycles. The van der Waals surface area contributed by atoms with E-state index in [1.807, 2.05) is 6.92 Å². The van der Waals surface area contributed by atoms with Crippen molar-refractivity contribution in [2.75, 3.05) is 13.1 Å². The van der Waals surface area contributed by atoms with E-state index < -0.39 is 0 Å². The van der Waals surface area contributed by atoms with Crippen molar-refractivity contribution in [3.8, 4) is 0 Å². The highest BCUT2D eigenvalue weighted by atomic mass is 16.2. The molecule has 0 aromatic carbocycles. The number of piperazine rings is 1. The lowest BCUT2D eigenvalue weighted by atomic mass is 9.95. The number of carbonyl (C=O) groups is 1. The van der Waals surface area contributed by atoms with Crippen LogP contribution in [0.1, 0.15) is 49.8 Å². The lowest BCUT2D eigenvalue weighted by Crippen LogP contribution is -2.54. The summed E-state index contributed by atoms with van der Waals surface area (Å²) in [5.41, 5.74) is 0. The van der Waals surface area contributed by atoms with Gasteiger partial charge in [-0.3, -0.25) is 4.79 Å². The van der Waals surface area contributed by atoms with Gasteiger partial charge in [0, 0.05) is 25.6 Å². The van der Waals surface area contributed by atoms with Gasteiger partial charge in [0.2, 0.25) is 5.91 Å². The second-order valence-corrected chi connectivity index (χ2v) is 5.83. The zero-order valence-corrected chi connectivity index (χ0v) is 12.1. The molecule has 3 rings (SSSR count). The third kappa shape index (κ3) is 2.70. The SMILES string of the molecule is Cc1nnc(CC2NCCNC2=O)n1C1CCCCC1. The van der Waals surface area contributed by atoms with Crippen molar-refractivity contribution in [2.45, 2.75) is 57.5 Å². The number of amides is 1. The number of nitrogens with one attached hydrogen (secondary N) is 2. The monoisotopic (exact) mass is 277 g/mol. The van der Waals surface area contributed by atoms with Gasteiger partial charge in [-0.15, -0.1) is 10.2 Å². The number of aromatic nitrogens is 3. The van der Waals surface area contributed by atoms with Gasteiger partial charge in [0.1, 0.15) is 11.6 Å². The predicted octanol–water partition coefficient (Wildman–Crippen LogP) is 0.722. The van der Waals surface area contributed by atoms with Crippen molar-refractivity contribution in [1.82, 2.24) is 25.4 Å². The Balaban J connectivity index is 1.77. The molecule has 1 aromatic rings. The average molecular weight is 277 g/mol. The number of rotatable bonds is 3. The molecule has 2 fully saturated rings. The first-order chi connectivity index (χ1) is 9.75. The molecule has 1 amide bonds. The summed E-state index contributed by atoms with van der Waals surface area (Å²) in [5.74, 6) is 2.00. The van der Waals surface area contributed by atoms with Gasteiger partial charge in [0.15, 0.2) is 0 Å². The lowest BCUT2D eigenvalue weighted by Gasteiger charge is -2.27. The molecule has 2 aliphatic rings. The smallest absolute Gasteiger partial charge is 0.237 e. The molecule has 0 spiro atoms. The molecule has 1 aliphatic carbocycles. The van der Waals surface area contributed by atoms with Gasteiger partial charge in [-0.1, -0.05) is 19.3 Å². The van der Waals surface area contributed by atoms with Crippen molar-refractivity contribution >= 4 is 5.91 Å². The number of nitrogens with zero attached hydrogens (tertiary/aromatic N) is 3. The van der Waals surface area contributed by atoms with Gasteiger partial charge in [0.05, 0.1) is 6.04 Å². The number of hydrogen-bond acceptors (Lipinski definition) is 4. The van der Waals surface area contributed by atoms with Gasteiger partial charge in [-0.25, -0.2) is 0 Å². The highest BCUT2D eigenvalue weighted by Gasteiger charge is 2.27. The van der Waals surface area contributed by atoms with E-state index in [4.69, 9.17) is 0 Å². The summed E-state index contributed by atoms with van der Waals surface area (Å²) < 4.78 is 2.27.